The molecule has 0 saturated heterocycles. The highest BCUT2D eigenvalue weighted by atomic mass is 16.5. The van der Waals surface area contributed by atoms with Crippen molar-refractivity contribution in [2.24, 2.45) is 5.73 Å². The average Bonchev–Trinajstić information content (AvgIpc) is 2.79. The van der Waals surface area contributed by atoms with Gasteiger partial charge in [0.25, 0.3) is 0 Å². The summed E-state index contributed by atoms with van der Waals surface area (Å²) in [6.45, 7) is 4.45. The molecule has 0 fully saturated rings. The normalized spacial score (nSPS) is 19.1. The first kappa shape index (κ1) is 14.1. The Balaban J connectivity index is 2.39. The molecule has 0 bridgehead atoms. The topological polar surface area (TPSA) is 52.3 Å². The first-order valence-corrected chi connectivity index (χ1v) is 7.02. The van der Waals surface area contributed by atoms with E-state index in [-0.39, 0.29) is 12.0 Å². The third-order valence-electron chi connectivity index (χ3n) is 4.20. The molecule has 0 saturated carbocycles. The van der Waals surface area contributed by atoms with Crippen molar-refractivity contribution in [1.29, 1.82) is 0 Å². The molecule has 0 aliphatic heterocycles. The zero-order valence-corrected chi connectivity index (χ0v) is 12.0. The number of ether oxygens (including phenoxy) is 1. The van der Waals surface area contributed by atoms with Crippen molar-refractivity contribution in [1.82, 2.24) is 0 Å². The molecule has 3 heteroatoms. The van der Waals surface area contributed by atoms with Gasteiger partial charge in [-0.25, -0.2) is 0 Å². The maximum Gasteiger partial charge on any atom is 0.309 e. The number of carbonyl (C=O) groups excluding carboxylic acids is 1. The van der Waals surface area contributed by atoms with E-state index in [0.29, 0.717) is 12.3 Å². The zero-order valence-electron chi connectivity index (χ0n) is 12.0. The highest BCUT2D eigenvalue weighted by molar-refractivity contribution is 5.73. The molecule has 2 rings (SSSR count). The molecule has 19 heavy (non-hydrogen) atoms. The third-order valence-corrected chi connectivity index (χ3v) is 4.20. The zero-order chi connectivity index (χ0) is 14.0. The number of rotatable bonds is 4. The summed E-state index contributed by atoms with van der Waals surface area (Å²) in [5.74, 6) is 0.366. The van der Waals surface area contributed by atoms with Gasteiger partial charge < -0.3 is 10.5 Å². The van der Waals surface area contributed by atoms with E-state index in [2.05, 4.69) is 26.0 Å². The summed E-state index contributed by atoms with van der Waals surface area (Å²) < 4.78 is 4.77. The quantitative estimate of drug-likeness (QED) is 0.846. The first-order chi connectivity index (χ1) is 9.06. The Bertz CT molecular complexity index is 482. The molecule has 0 spiro atoms. The predicted molar refractivity (Wildman–Crippen MR) is 76.3 cm³/mol. The fourth-order valence-electron chi connectivity index (χ4n) is 2.93. The van der Waals surface area contributed by atoms with Crippen molar-refractivity contribution in [3.63, 3.8) is 0 Å². The van der Waals surface area contributed by atoms with Gasteiger partial charge in [0, 0.05) is 6.04 Å². The van der Waals surface area contributed by atoms with Crippen molar-refractivity contribution in [2.75, 3.05) is 7.11 Å². The fourth-order valence-corrected chi connectivity index (χ4v) is 2.93. The Morgan fingerprint density at radius 2 is 2.11 bits per heavy atom. The van der Waals surface area contributed by atoms with Gasteiger partial charge >= 0.3 is 5.97 Å². The van der Waals surface area contributed by atoms with Crippen LogP contribution in [0.15, 0.2) is 12.1 Å². The van der Waals surface area contributed by atoms with Crippen LogP contribution in [0.1, 0.15) is 48.4 Å². The maximum atomic E-state index is 11.5. The van der Waals surface area contributed by atoms with Gasteiger partial charge in [0.1, 0.15) is 0 Å². The van der Waals surface area contributed by atoms with Gasteiger partial charge in [-0.3, -0.25) is 4.79 Å². The van der Waals surface area contributed by atoms with Crippen LogP contribution in [-0.4, -0.2) is 19.1 Å². The number of esters is 1. The van der Waals surface area contributed by atoms with Gasteiger partial charge in [-0.05, 0) is 47.4 Å². The lowest BCUT2D eigenvalue weighted by Crippen LogP contribution is -2.19. The minimum absolute atomic E-state index is 0.182. The molecule has 0 radical (unpaired) electrons. The summed E-state index contributed by atoms with van der Waals surface area (Å²) >= 11 is 0. The molecular formula is C16H23NO2. The number of fused-ring (bicyclic) bond motifs is 1. The van der Waals surface area contributed by atoms with Crippen molar-refractivity contribution >= 4 is 5.97 Å². The van der Waals surface area contributed by atoms with Crippen LogP contribution in [0.25, 0.3) is 0 Å². The molecule has 104 valence electrons. The van der Waals surface area contributed by atoms with Crippen LogP contribution < -0.4 is 5.73 Å². The molecule has 1 aromatic carbocycles. The monoisotopic (exact) mass is 261 g/mol. The smallest absolute Gasteiger partial charge is 0.309 e. The van der Waals surface area contributed by atoms with Gasteiger partial charge in [0.2, 0.25) is 0 Å². The van der Waals surface area contributed by atoms with Gasteiger partial charge in [-0.15, -0.1) is 0 Å². The van der Waals surface area contributed by atoms with E-state index in [9.17, 15) is 4.79 Å². The Morgan fingerprint density at radius 3 is 2.74 bits per heavy atom. The molecule has 1 aromatic rings. The van der Waals surface area contributed by atoms with E-state index in [4.69, 9.17) is 10.5 Å². The largest absolute Gasteiger partial charge is 0.469 e. The second-order valence-corrected chi connectivity index (χ2v) is 5.50. The summed E-state index contributed by atoms with van der Waals surface area (Å²) in [5, 5.41) is 0. The lowest BCUT2D eigenvalue weighted by molar-refractivity contribution is -0.139. The van der Waals surface area contributed by atoms with Crippen molar-refractivity contribution in [3.05, 3.63) is 34.4 Å². The SMILES string of the molecule is CCC(C)c1ccc(CC(=O)OC)c2c1CC(N)C2. The van der Waals surface area contributed by atoms with Crippen molar-refractivity contribution in [2.45, 2.75) is 51.5 Å². The molecule has 0 amide bonds. The molecule has 2 atom stereocenters. The van der Waals surface area contributed by atoms with E-state index in [1.165, 1.54) is 23.8 Å². The van der Waals surface area contributed by atoms with E-state index in [1.807, 2.05) is 0 Å². The highest BCUT2D eigenvalue weighted by Gasteiger charge is 2.26. The standard InChI is InChI=1S/C16H23NO2/c1-4-10(2)13-6-5-11(7-16(18)19-3)14-8-12(17)9-15(13)14/h5-6,10,12H,4,7-9,17H2,1-3H3. The van der Waals surface area contributed by atoms with Crippen molar-refractivity contribution < 1.29 is 9.53 Å². The van der Waals surface area contributed by atoms with Crippen LogP contribution in [-0.2, 0) is 28.8 Å². The van der Waals surface area contributed by atoms with Gasteiger partial charge in [-0.1, -0.05) is 26.0 Å². The van der Waals surface area contributed by atoms with Crippen molar-refractivity contribution in [3.8, 4) is 0 Å². The number of methoxy groups -OCH3 is 1. The second kappa shape index (κ2) is 5.74. The molecule has 3 nitrogen and oxygen atoms in total. The first-order valence-electron chi connectivity index (χ1n) is 7.02. The van der Waals surface area contributed by atoms with Crippen LogP contribution in [0.3, 0.4) is 0 Å². The third kappa shape index (κ3) is 2.81. The molecule has 1 aliphatic rings. The van der Waals surface area contributed by atoms with E-state index >= 15 is 0 Å². The second-order valence-electron chi connectivity index (χ2n) is 5.50. The highest BCUT2D eigenvalue weighted by Crippen LogP contribution is 2.33. The molecule has 1 aliphatic carbocycles. The lowest BCUT2D eigenvalue weighted by atomic mass is 9.89. The Hall–Kier alpha value is -1.35. The molecule has 0 heterocycles. The predicted octanol–water partition coefficient (Wildman–Crippen LogP) is 2.34. The summed E-state index contributed by atoms with van der Waals surface area (Å²) in [4.78, 5) is 11.5. The van der Waals surface area contributed by atoms with Crippen LogP contribution in [0.2, 0.25) is 0 Å². The lowest BCUT2D eigenvalue weighted by Gasteiger charge is -2.17. The number of hydrogen-bond donors (Lipinski definition) is 1. The number of hydrogen-bond acceptors (Lipinski definition) is 3. The number of carbonyl (C=O) groups is 1. The summed E-state index contributed by atoms with van der Waals surface area (Å²) in [6.07, 6.45) is 3.29. The summed E-state index contributed by atoms with van der Waals surface area (Å²) in [5.41, 5.74) is 11.3. The number of nitrogens with two attached hydrogens (primary N) is 1. The minimum atomic E-state index is -0.182. The summed E-state index contributed by atoms with van der Waals surface area (Å²) in [7, 11) is 1.43. The van der Waals surface area contributed by atoms with Crippen LogP contribution in [0.4, 0.5) is 0 Å². The molecule has 2 unspecified atom stereocenters. The molecule has 0 aromatic heterocycles. The fraction of sp³-hybridized carbons (Fsp3) is 0.562. The Morgan fingerprint density at radius 1 is 1.42 bits per heavy atom. The van der Waals surface area contributed by atoms with E-state index in [0.717, 1.165) is 24.8 Å². The average molecular weight is 261 g/mol. The van der Waals surface area contributed by atoms with Gasteiger partial charge in [0.15, 0.2) is 0 Å². The van der Waals surface area contributed by atoms with E-state index < -0.39 is 0 Å². The van der Waals surface area contributed by atoms with Crippen LogP contribution in [0.5, 0.6) is 0 Å². The van der Waals surface area contributed by atoms with Crippen LogP contribution >= 0.6 is 0 Å². The van der Waals surface area contributed by atoms with Gasteiger partial charge in [0.05, 0.1) is 13.5 Å². The molecule has 2 N–H and O–H groups in total. The van der Waals surface area contributed by atoms with E-state index in [1.54, 1.807) is 0 Å². The Labute approximate surface area is 115 Å². The number of benzene rings is 1. The minimum Gasteiger partial charge on any atom is -0.469 e. The maximum absolute atomic E-state index is 11.5. The van der Waals surface area contributed by atoms with Gasteiger partial charge in [-0.2, -0.15) is 0 Å². The Kier molecular flexibility index (Phi) is 4.25. The van der Waals surface area contributed by atoms with Crippen LogP contribution in [0, 0.1) is 0 Å². The summed E-state index contributed by atoms with van der Waals surface area (Å²) in [6, 6.07) is 4.44. The molecular weight excluding hydrogens is 238 g/mol.